The summed E-state index contributed by atoms with van der Waals surface area (Å²) in [5.74, 6) is -1.56. The molecule has 7 nitrogen and oxygen atoms in total. The zero-order valence-corrected chi connectivity index (χ0v) is 19.0. The van der Waals surface area contributed by atoms with Crippen LogP contribution in [0.25, 0.3) is 11.3 Å². The maximum atomic E-state index is 13.5. The number of halogens is 5. The molecule has 0 fully saturated rings. The second kappa shape index (κ2) is 9.90. The minimum atomic E-state index is -5.16. The molecule has 0 atom stereocenters. The Labute approximate surface area is 197 Å². The van der Waals surface area contributed by atoms with Crippen LogP contribution in [0.4, 0.5) is 24.5 Å². The van der Waals surface area contributed by atoms with E-state index < -0.39 is 12.1 Å². The maximum Gasteiger partial charge on any atom is 0.472 e. The molecule has 1 aromatic heterocycles. The molecule has 33 heavy (non-hydrogen) atoms. The van der Waals surface area contributed by atoms with E-state index >= 15 is 0 Å². The number of alkyl halides is 3. The minimum absolute atomic E-state index is 0.0350. The van der Waals surface area contributed by atoms with Crippen LogP contribution < -0.4 is 20.1 Å². The van der Waals surface area contributed by atoms with Crippen LogP contribution in [0, 0.1) is 0 Å². The highest BCUT2D eigenvalue weighted by Gasteiger charge is 2.44. The van der Waals surface area contributed by atoms with Gasteiger partial charge in [0.15, 0.2) is 0 Å². The molecule has 3 aromatic rings. The highest BCUT2D eigenvalue weighted by atomic mass is 35.5. The normalized spacial score (nSPS) is 11.4. The quantitative estimate of drug-likeness (QED) is 0.493. The number of anilines is 2. The molecule has 0 aliphatic heterocycles. The van der Waals surface area contributed by atoms with Crippen LogP contribution in [-0.4, -0.2) is 42.1 Å². The number of nitrogens with zero attached hydrogens (tertiary/aromatic N) is 3. The second-order valence-corrected chi connectivity index (χ2v) is 7.55. The average Bonchev–Trinajstić information content (AvgIpc) is 3.10. The summed E-state index contributed by atoms with van der Waals surface area (Å²) in [6, 6.07) is 7.98. The molecular weight excluding hydrogens is 484 g/mol. The SMILES string of the molecule is COc1ccc(N(C(=O)C(F)(F)F)c2ccc(OCCN)c(-c3c(Cl)cnn3C)c2)cc1Cl. The van der Waals surface area contributed by atoms with Gasteiger partial charge in [0.25, 0.3) is 0 Å². The highest BCUT2D eigenvalue weighted by Crippen LogP contribution is 2.41. The predicted molar refractivity (Wildman–Crippen MR) is 119 cm³/mol. The Kier molecular flexibility index (Phi) is 7.41. The Balaban J connectivity index is 2.23. The molecule has 12 heteroatoms. The molecule has 0 aliphatic rings. The van der Waals surface area contributed by atoms with Crippen molar-refractivity contribution in [3.8, 4) is 22.8 Å². The van der Waals surface area contributed by atoms with Crippen LogP contribution in [0.3, 0.4) is 0 Å². The lowest BCUT2D eigenvalue weighted by Crippen LogP contribution is -2.38. The topological polar surface area (TPSA) is 82.6 Å². The summed E-state index contributed by atoms with van der Waals surface area (Å²) in [7, 11) is 2.98. The summed E-state index contributed by atoms with van der Waals surface area (Å²) in [5.41, 5.74) is 6.02. The number of hydrogen-bond acceptors (Lipinski definition) is 5. The zero-order chi connectivity index (χ0) is 24.3. The third-order valence-electron chi connectivity index (χ3n) is 4.59. The monoisotopic (exact) mass is 502 g/mol. The summed E-state index contributed by atoms with van der Waals surface area (Å²) in [6.45, 7) is 0.366. The van der Waals surface area contributed by atoms with E-state index in [1.807, 2.05) is 0 Å². The van der Waals surface area contributed by atoms with Gasteiger partial charge in [-0.3, -0.25) is 14.4 Å². The highest BCUT2D eigenvalue weighted by molar-refractivity contribution is 6.33. The van der Waals surface area contributed by atoms with Crippen LogP contribution in [0.2, 0.25) is 10.0 Å². The van der Waals surface area contributed by atoms with Gasteiger partial charge >= 0.3 is 12.1 Å². The Morgan fingerprint density at radius 1 is 1.12 bits per heavy atom. The lowest BCUT2D eigenvalue weighted by molar-refractivity contribution is -0.169. The number of carbonyl (C=O) groups is 1. The number of hydrogen-bond donors (Lipinski definition) is 1. The summed E-state index contributed by atoms with van der Waals surface area (Å²) < 4.78 is 52.8. The van der Waals surface area contributed by atoms with Gasteiger partial charge in [0.05, 0.1) is 40.4 Å². The molecule has 0 unspecified atom stereocenters. The molecule has 0 spiro atoms. The van der Waals surface area contributed by atoms with Crippen LogP contribution >= 0.6 is 23.2 Å². The van der Waals surface area contributed by atoms with Gasteiger partial charge in [-0.2, -0.15) is 18.3 Å². The van der Waals surface area contributed by atoms with Crippen LogP contribution in [0.15, 0.2) is 42.6 Å². The molecule has 0 saturated carbocycles. The Morgan fingerprint density at radius 2 is 1.76 bits per heavy atom. The molecular formula is C21H19Cl2F3N4O3. The number of amides is 1. The molecule has 176 valence electrons. The van der Waals surface area contributed by atoms with E-state index in [0.29, 0.717) is 21.9 Å². The first-order valence-corrected chi connectivity index (χ1v) is 10.2. The fourth-order valence-electron chi connectivity index (χ4n) is 3.16. The van der Waals surface area contributed by atoms with E-state index in [2.05, 4.69) is 5.10 Å². The Bertz CT molecular complexity index is 1150. The van der Waals surface area contributed by atoms with E-state index in [-0.39, 0.29) is 40.3 Å². The zero-order valence-electron chi connectivity index (χ0n) is 17.5. The maximum absolute atomic E-state index is 13.5. The number of aromatic nitrogens is 2. The first-order valence-electron chi connectivity index (χ1n) is 9.48. The van der Waals surface area contributed by atoms with Crippen molar-refractivity contribution in [2.75, 3.05) is 25.2 Å². The number of ether oxygens (including phenoxy) is 2. The number of rotatable bonds is 7. The summed E-state index contributed by atoms with van der Waals surface area (Å²) in [5, 5.41) is 4.34. The smallest absolute Gasteiger partial charge is 0.472 e. The Morgan fingerprint density at radius 3 is 2.27 bits per heavy atom. The van der Waals surface area contributed by atoms with Crippen LogP contribution in [0.1, 0.15) is 0 Å². The van der Waals surface area contributed by atoms with Gasteiger partial charge in [0.2, 0.25) is 0 Å². The van der Waals surface area contributed by atoms with Gasteiger partial charge in [-0.1, -0.05) is 23.2 Å². The van der Waals surface area contributed by atoms with E-state index in [1.165, 1.54) is 54.4 Å². The molecule has 0 aliphatic carbocycles. The van der Waals surface area contributed by atoms with Crippen molar-refractivity contribution >= 4 is 40.5 Å². The summed E-state index contributed by atoms with van der Waals surface area (Å²) in [4.78, 5) is 13.0. The number of aryl methyl sites for hydroxylation is 1. The molecule has 1 amide bonds. The van der Waals surface area contributed by atoms with Gasteiger partial charge < -0.3 is 15.2 Å². The fraction of sp³-hybridized carbons (Fsp3) is 0.238. The summed E-state index contributed by atoms with van der Waals surface area (Å²) in [6.07, 6.45) is -3.77. The van der Waals surface area contributed by atoms with E-state index in [4.69, 9.17) is 38.4 Å². The van der Waals surface area contributed by atoms with Crippen molar-refractivity contribution in [3.63, 3.8) is 0 Å². The molecule has 0 bridgehead atoms. The van der Waals surface area contributed by atoms with Crippen LogP contribution in [0.5, 0.6) is 11.5 Å². The minimum Gasteiger partial charge on any atom is -0.495 e. The first-order chi connectivity index (χ1) is 15.6. The largest absolute Gasteiger partial charge is 0.495 e. The van der Waals surface area contributed by atoms with Gasteiger partial charge in [0, 0.05) is 19.2 Å². The van der Waals surface area contributed by atoms with Crippen molar-refractivity contribution in [3.05, 3.63) is 52.6 Å². The van der Waals surface area contributed by atoms with Crippen molar-refractivity contribution in [2.45, 2.75) is 6.18 Å². The number of benzene rings is 2. The molecule has 2 N–H and O–H groups in total. The van der Waals surface area contributed by atoms with Crippen molar-refractivity contribution < 1.29 is 27.4 Å². The van der Waals surface area contributed by atoms with Crippen molar-refractivity contribution in [1.29, 1.82) is 0 Å². The number of methoxy groups -OCH3 is 1. The molecule has 0 saturated heterocycles. The first kappa shape index (κ1) is 24.7. The van der Waals surface area contributed by atoms with E-state index in [1.54, 1.807) is 7.05 Å². The van der Waals surface area contributed by atoms with E-state index in [0.717, 1.165) is 0 Å². The standard InChI is InChI=1S/C21H19Cl2F3N4O3/c1-29-19(16(23)11-28-29)14-9-12(3-5-17(14)33-8-7-27)30(20(31)21(24,25)26)13-4-6-18(32-2)15(22)10-13/h3-6,9-11H,7-8,27H2,1-2H3. The molecule has 2 aromatic carbocycles. The predicted octanol–water partition coefficient (Wildman–Crippen LogP) is 4.97. The van der Waals surface area contributed by atoms with Crippen molar-refractivity contribution in [1.82, 2.24) is 9.78 Å². The lowest BCUT2D eigenvalue weighted by atomic mass is 10.1. The average molecular weight is 503 g/mol. The van der Waals surface area contributed by atoms with E-state index in [9.17, 15) is 18.0 Å². The molecule has 1 heterocycles. The lowest BCUT2D eigenvalue weighted by Gasteiger charge is -2.25. The molecule has 0 radical (unpaired) electrons. The van der Waals surface area contributed by atoms with Crippen molar-refractivity contribution in [2.24, 2.45) is 12.8 Å². The van der Waals surface area contributed by atoms with Gasteiger partial charge in [-0.25, -0.2) is 0 Å². The second-order valence-electron chi connectivity index (χ2n) is 6.74. The van der Waals surface area contributed by atoms with Gasteiger partial charge in [0.1, 0.15) is 18.1 Å². The fourth-order valence-corrected chi connectivity index (χ4v) is 3.67. The number of carbonyl (C=O) groups excluding carboxylic acids is 1. The Hall–Kier alpha value is -2.95. The van der Waals surface area contributed by atoms with Crippen LogP contribution in [-0.2, 0) is 11.8 Å². The molecule has 3 rings (SSSR count). The van der Waals surface area contributed by atoms with Gasteiger partial charge in [-0.15, -0.1) is 0 Å². The van der Waals surface area contributed by atoms with Gasteiger partial charge in [-0.05, 0) is 36.4 Å². The number of nitrogens with two attached hydrogens (primary N) is 1. The third-order valence-corrected chi connectivity index (χ3v) is 5.16. The third kappa shape index (κ3) is 5.18. The summed E-state index contributed by atoms with van der Waals surface area (Å²) >= 11 is 12.4.